The van der Waals surface area contributed by atoms with Gasteiger partial charge in [-0.15, -0.1) is 0 Å². The maximum absolute atomic E-state index is 11.7. The first-order chi connectivity index (χ1) is 10.8. The van der Waals surface area contributed by atoms with E-state index in [1.807, 2.05) is 42.5 Å². The molecule has 0 amide bonds. The molecule has 6 nitrogen and oxygen atoms in total. The van der Waals surface area contributed by atoms with E-state index in [1.165, 1.54) is 12.5 Å². The molecule has 0 bridgehead atoms. The Bertz CT molecular complexity index is 986. The first-order valence-corrected chi connectivity index (χ1v) is 6.76. The summed E-state index contributed by atoms with van der Waals surface area (Å²) < 4.78 is 1.60. The minimum atomic E-state index is -0.204. The van der Waals surface area contributed by atoms with Crippen LogP contribution in [-0.2, 0) is 0 Å². The molecular formula is C16H11N5O. The monoisotopic (exact) mass is 289 g/mol. The van der Waals surface area contributed by atoms with Gasteiger partial charge in [0.1, 0.15) is 5.39 Å². The van der Waals surface area contributed by atoms with Gasteiger partial charge in [-0.25, -0.2) is 9.67 Å². The average Bonchev–Trinajstić information content (AvgIpc) is 3.01. The summed E-state index contributed by atoms with van der Waals surface area (Å²) in [7, 11) is 0. The molecule has 3 heterocycles. The lowest BCUT2D eigenvalue weighted by Crippen LogP contribution is -2.06. The van der Waals surface area contributed by atoms with Gasteiger partial charge in [-0.05, 0) is 12.1 Å². The zero-order chi connectivity index (χ0) is 14.9. The minimum Gasteiger partial charge on any atom is -0.312 e. The van der Waals surface area contributed by atoms with Gasteiger partial charge in [0.25, 0.3) is 5.56 Å². The molecule has 3 aromatic heterocycles. The van der Waals surface area contributed by atoms with E-state index in [0.717, 1.165) is 16.9 Å². The Labute approximate surface area is 125 Å². The van der Waals surface area contributed by atoms with Crippen molar-refractivity contribution in [1.29, 1.82) is 0 Å². The van der Waals surface area contributed by atoms with E-state index in [0.29, 0.717) is 11.0 Å². The van der Waals surface area contributed by atoms with Crippen LogP contribution in [0.3, 0.4) is 0 Å². The fourth-order valence-electron chi connectivity index (χ4n) is 2.34. The van der Waals surface area contributed by atoms with Crippen molar-refractivity contribution in [2.45, 2.75) is 0 Å². The zero-order valence-electron chi connectivity index (χ0n) is 11.5. The van der Waals surface area contributed by atoms with Crippen LogP contribution in [0, 0.1) is 0 Å². The van der Waals surface area contributed by atoms with Crippen molar-refractivity contribution in [3.05, 3.63) is 71.5 Å². The van der Waals surface area contributed by atoms with E-state index < -0.39 is 0 Å². The molecule has 4 aromatic rings. The van der Waals surface area contributed by atoms with Gasteiger partial charge in [-0.1, -0.05) is 30.3 Å². The fraction of sp³-hybridized carbons (Fsp3) is 0. The second-order valence-electron chi connectivity index (χ2n) is 4.79. The Morgan fingerprint density at radius 3 is 2.59 bits per heavy atom. The topological polar surface area (TPSA) is 76.5 Å². The minimum absolute atomic E-state index is 0.204. The van der Waals surface area contributed by atoms with Crippen molar-refractivity contribution in [2.75, 3.05) is 0 Å². The van der Waals surface area contributed by atoms with Crippen LogP contribution in [0.15, 0.2) is 66.0 Å². The summed E-state index contributed by atoms with van der Waals surface area (Å²) in [5, 5.41) is 4.68. The van der Waals surface area contributed by atoms with Crippen molar-refractivity contribution in [2.24, 2.45) is 0 Å². The van der Waals surface area contributed by atoms with Crippen molar-refractivity contribution in [1.82, 2.24) is 24.7 Å². The van der Waals surface area contributed by atoms with Crippen LogP contribution in [0.2, 0.25) is 0 Å². The highest BCUT2D eigenvalue weighted by molar-refractivity contribution is 5.74. The van der Waals surface area contributed by atoms with Gasteiger partial charge in [0.2, 0.25) is 0 Å². The molecule has 0 radical (unpaired) electrons. The summed E-state index contributed by atoms with van der Waals surface area (Å²) in [5.41, 5.74) is 3.00. The van der Waals surface area contributed by atoms with Gasteiger partial charge in [-0.2, -0.15) is 5.10 Å². The van der Waals surface area contributed by atoms with Gasteiger partial charge >= 0.3 is 0 Å². The molecule has 1 aromatic carbocycles. The highest BCUT2D eigenvalue weighted by Gasteiger charge is 2.09. The number of aromatic nitrogens is 5. The van der Waals surface area contributed by atoms with Crippen LogP contribution in [0.1, 0.15) is 0 Å². The van der Waals surface area contributed by atoms with Crippen LogP contribution in [0.4, 0.5) is 0 Å². The first-order valence-electron chi connectivity index (χ1n) is 6.76. The lowest BCUT2D eigenvalue weighted by molar-refractivity contribution is 0.888. The van der Waals surface area contributed by atoms with E-state index in [2.05, 4.69) is 20.1 Å². The Kier molecular flexibility index (Phi) is 2.79. The Morgan fingerprint density at radius 2 is 1.82 bits per heavy atom. The maximum Gasteiger partial charge on any atom is 0.261 e. The number of hydrogen-bond acceptors (Lipinski definition) is 4. The summed E-state index contributed by atoms with van der Waals surface area (Å²) in [5.74, 6) is 0. The van der Waals surface area contributed by atoms with Crippen molar-refractivity contribution < 1.29 is 0 Å². The number of rotatable bonds is 2. The van der Waals surface area contributed by atoms with E-state index in [9.17, 15) is 4.79 Å². The second-order valence-corrected chi connectivity index (χ2v) is 4.79. The van der Waals surface area contributed by atoms with Crippen LogP contribution in [0.25, 0.3) is 28.0 Å². The van der Waals surface area contributed by atoms with Gasteiger partial charge in [0.15, 0.2) is 5.65 Å². The molecule has 0 saturated heterocycles. The number of nitrogens with one attached hydrogen (secondary N) is 1. The van der Waals surface area contributed by atoms with E-state index in [1.54, 1.807) is 10.9 Å². The molecule has 1 N–H and O–H groups in total. The van der Waals surface area contributed by atoms with E-state index in [-0.39, 0.29) is 5.56 Å². The number of hydrogen-bond donors (Lipinski definition) is 1. The summed E-state index contributed by atoms with van der Waals surface area (Å²) in [6.07, 6.45) is 4.60. The summed E-state index contributed by atoms with van der Waals surface area (Å²) >= 11 is 0. The summed E-state index contributed by atoms with van der Waals surface area (Å²) in [4.78, 5) is 22.9. The van der Waals surface area contributed by atoms with Crippen molar-refractivity contribution in [3.63, 3.8) is 0 Å². The normalized spacial score (nSPS) is 10.9. The molecular weight excluding hydrogens is 278 g/mol. The third kappa shape index (κ3) is 1.98. The summed E-state index contributed by atoms with van der Waals surface area (Å²) in [6.45, 7) is 0. The van der Waals surface area contributed by atoms with Crippen LogP contribution in [0.5, 0.6) is 0 Å². The highest BCUT2D eigenvalue weighted by Crippen LogP contribution is 2.18. The second kappa shape index (κ2) is 4.92. The number of pyridine rings is 1. The lowest BCUT2D eigenvalue weighted by Gasteiger charge is -2.04. The number of nitrogens with zero attached hydrogens (tertiary/aromatic N) is 4. The SMILES string of the molecule is O=c1[nH]cnc2c1cnn2-c1ccc(-c2ccccc2)nc1. The molecule has 0 fully saturated rings. The largest absolute Gasteiger partial charge is 0.312 e. The molecule has 0 aliphatic rings. The third-order valence-electron chi connectivity index (χ3n) is 3.43. The van der Waals surface area contributed by atoms with Crippen LogP contribution < -0.4 is 5.56 Å². The van der Waals surface area contributed by atoms with Gasteiger partial charge in [0.05, 0.1) is 30.1 Å². The van der Waals surface area contributed by atoms with Gasteiger partial charge in [0, 0.05) is 5.56 Å². The molecule has 6 heteroatoms. The molecule has 0 saturated carbocycles. The standard InChI is InChI=1S/C16H11N5O/c22-16-13-9-20-21(15(13)18-10-19-16)12-6-7-14(17-8-12)11-4-2-1-3-5-11/h1-10H,(H,18,19,22). The molecule has 0 atom stereocenters. The number of H-pyrrole nitrogens is 1. The van der Waals surface area contributed by atoms with Crippen molar-refractivity contribution in [3.8, 4) is 16.9 Å². The Morgan fingerprint density at radius 1 is 0.955 bits per heavy atom. The van der Waals surface area contributed by atoms with Gasteiger partial charge < -0.3 is 4.98 Å². The molecule has 0 aliphatic heterocycles. The lowest BCUT2D eigenvalue weighted by atomic mass is 10.1. The number of aromatic amines is 1. The molecule has 22 heavy (non-hydrogen) atoms. The first kappa shape index (κ1) is 12.5. The maximum atomic E-state index is 11.7. The zero-order valence-corrected chi connectivity index (χ0v) is 11.5. The van der Waals surface area contributed by atoms with E-state index in [4.69, 9.17) is 0 Å². The number of fused-ring (bicyclic) bond motifs is 1. The van der Waals surface area contributed by atoms with Crippen molar-refractivity contribution >= 4 is 11.0 Å². The molecule has 0 unspecified atom stereocenters. The number of benzene rings is 1. The fourth-order valence-corrected chi connectivity index (χ4v) is 2.34. The highest BCUT2D eigenvalue weighted by atomic mass is 16.1. The average molecular weight is 289 g/mol. The summed E-state index contributed by atoms with van der Waals surface area (Å²) in [6, 6.07) is 13.8. The van der Waals surface area contributed by atoms with Gasteiger partial charge in [-0.3, -0.25) is 9.78 Å². The Balaban J connectivity index is 1.80. The van der Waals surface area contributed by atoms with Crippen LogP contribution >= 0.6 is 0 Å². The molecule has 106 valence electrons. The predicted molar refractivity (Wildman–Crippen MR) is 82.7 cm³/mol. The predicted octanol–water partition coefficient (Wildman–Crippen LogP) is 2.17. The quantitative estimate of drug-likeness (QED) is 0.613. The molecule has 4 rings (SSSR count). The van der Waals surface area contributed by atoms with Crippen LogP contribution in [-0.4, -0.2) is 24.7 Å². The van der Waals surface area contributed by atoms with E-state index >= 15 is 0 Å². The molecule has 0 spiro atoms. The third-order valence-corrected chi connectivity index (χ3v) is 3.43. The Hall–Kier alpha value is -3.28. The molecule has 0 aliphatic carbocycles. The smallest absolute Gasteiger partial charge is 0.261 e.